The van der Waals surface area contributed by atoms with Gasteiger partial charge in [0.1, 0.15) is 6.54 Å². The third kappa shape index (κ3) is 4.08. The first kappa shape index (κ1) is 15.1. The molecule has 0 atom stereocenters. The summed E-state index contributed by atoms with van der Waals surface area (Å²) in [5.74, 6) is -0.577. The van der Waals surface area contributed by atoms with Crippen molar-refractivity contribution in [3.05, 3.63) is 44.3 Å². The summed E-state index contributed by atoms with van der Waals surface area (Å²) in [6.45, 7) is 0.539. The van der Waals surface area contributed by atoms with Gasteiger partial charge in [-0.25, -0.2) is 0 Å². The van der Waals surface area contributed by atoms with Crippen LogP contribution >= 0.6 is 22.7 Å². The molecule has 7 heteroatoms. The van der Waals surface area contributed by atoms with Crippen LogP contribution in [0.15, 0.2) is 28.3 Å². The van der Waals surface area contributed by atoms with E-state index in [0.29, 0.717) is 10.4 Å². The summed E-state index contributed by atoms with van der Waals surface area (Å²) in [6.07, 6.45) is -4.40. The lowest BCUT2D eigenvalue weighted by Gasteiger charge is -2.23. The molecular formula is C13H12F3NOS2. The smallest absolute Gasteiger partial charge is 0.324 e. The van der Waals surface area contributed by atoms with Gasteiger partial charge in [-0.3, -0.25) is 4.79 Å². The number of aryl methyl sites for hydroxylation is 1. The minimum atomic E-state index is -4.40. The number of amides is 1. The highest BCUT2D eigenvalue weighted by Crippen LogP contribution is 2.23. The molecule has 2 nitrogen and oxygen atoms in total. The number of thiophene rings is 2. The molecule has 0 radical (unpaired) electrons. The summed E-state index contributed by atoms with van der Waals surface area (Å²) in [7, 11) is 0. The minimum Gasteiger partial charge on any atom is -0.324 e. The van der Waals surface area contributed by atoms with Crippen molar-refractivity contribution in [2.75, 3.05) is 6.54 Å². The van der Waals surface area contributed by atoms with Crippen LogP contribution in [0, 0.1) is 6.92 Å². The largest absolute Gasteiger partial charge is 0.406 e. The number of hydrogen-bond donors (Lipinski definition) is 0. The number of rotatable bonds is 4. The second kappa shape index (κ2) is 5.97. The van der Waals surface area contributed by atoms with E-state index in [0.717, 1.165) is 10.5 Å². The van der Waals surface area contributed by atoms with Gasteiger partial charge in [0.2, 0.25) is 0 Å². The molecule has 0 bridgehead atoms. The molecule has 0 N–H and O–H groups in total. The van der Waals surface area contributed by atoms with Crippen LogP contribution in [-0.2, 0) is 6.54 Å². The second-order valence-electron chi connectivity index (χ2n) is 4.40. The van der Waals surface area contributed by atoms with Crippen molar-refractivity contribution in [2.24, 2.45) is 0 Å². The van der Waals surface area contributed by atoms with Crippen LogP contribution in [0.25, 0.3) is 0 Å². The Morgan fingerprint density at radius 3 is 2.60 bits per heavy atom. The number of carbonyl (C=O) groups excluding carboxylic acids is 1. The zero-order chi connectivity index (χ0) is 14.8. The summed E-state index contributed by atoms with van der Waals surface area (Å²) in [6, 6.07) is 3.34. The maximum Gasteiger partial charge on any atom is 0.406 e. The molecule has 2 rings (SSSR count). The molecule has 2 aromatic rings. The Balaban J connectivity index is 2.19. The number of nitrogens with zero attached hydrogens (tertiary/aromatic N) is 1. The fourth-order valence-electron chi connectivity index (χ4n) is 1.72. The van der Waals surface area contributed by atoms with Crippen LogP contribution in [-0.4, -0.2) is 23.5 Å². The normalized spacial score (nSPS) is 11.6. The van der Waals surface area contributed by atoms with E-state index in [1.54, 1.807) is 35.2 Å². The first-order valence-corrected chi connectivity index (χ1v) is 7.59. The summed E-state index contributed by atoms with van der Waals surface area (Å²) < 4.78 is 37.9. The van der Waals surface area contributed by atoms with Gasteiger partial charge >= 0.3 is 6.18 Å². The highest BCUT2D eigenvalue weighted by Gasteiger charge is 2.33. The first-order chi connectivity index (χ1) is 9.35. The molecule has 0 aliphatic rings. The van der Waals surface area contributed by atoms with Gasteiger partial charge in [-0.15, -0.1) is 11.3 Å². The van der Waals surface area contributed by atoms with Gasteiger partial charge in [-0.05, 0) is 46.3 Å². The van der Waals surface area contributed by atoms with E-state index in [-0.39, 0.29) is 6.54 Å². The zero-order valence-electron chi connectivity index (χ0n) is 10.6. The Bertz CT molecular complexity index is 575. The van der Waals surface area contributed by atoms with E-state index in [9.17, 15) is 18.0 Å². The third-order valence-corrected chi connectivity index (χ3v) is 4.32. The molecule has 0 spiro atoms. The molecule has 0 unspecified atom stereocenters. The summed E-state index contributed by atoms with van der Waals surface area (Å²) in [5, 5.41) is 5.28. The van der Waals surface area contributed by atoms with E-state index in [4.69, 9.17) is 0 Å². The summed E-state index contributed by atoms with van der Waals surface area (Å²) in [4.78, 5) is 13.4. The zero-order valence-corrected chi connectivity index (χ0v) is 12.2. The molecule has 2 aromatic heterocycles. The lowest BCUT2D eigenvalue weighted by Crippen LogP contribution is -2.38. The van der Waals surface area contributed by atoms with Gasteiger partial charge in [-0.2, -0.15) is 24.5 Å². The predicted molar refractivity (Wildman–Crippen MR) is 74.2 cm³/mol. The van der Waals surface area contributed by atoms with Gasteiger partial charge in [0, 0.05) is 6.54 Å². The van der Waals surface area contributed by atoms with Crippen molar-refractivity contribution in [2.45, 2.75) is 19.6 Å². The van der Waals surface area contributed by atoms with Gasteiger partial charge in [0.25, 0.3) is 5.91 Å². The van der Waals surface area contributed by atoms with E-state index < -0.39 is 18.6 Å². The number of hydrogen-bond acceptors (Lipinski definition) is 3. The van der Waals surface area contributed by atoms with Crippen molar-refractivity contribution in [3.8, 4) is 0 Å². The topological polar surface area (TPSA) is 20.3 Å². The quantitative estimate of drug-likeness (QED) is 0.822. The highest BCUT2D eigenvalue weighted by atomic mass is 32.1. The highest BCUT2D eigenvalue weighted by molar-refractivity contribution is 7.12. The van der Waals surface area contributed by atoms with Crippen LogP contribution in [0.1, 0.15) is 20.8 Å². The molecule has 0 aromatic carbocycles. The van der Waals surface area contributed by atoms with E-state index >= 15 is 0 Å². The van der Waals surface area contributed by atoms with Crippen LogP contribution in [0.5, 0.6) is 0 Å². The fourth-order valence-corrected chi connectivity index (χ4v) is 3.24. The second-order valence-corrected chi connectivity index (χ2v) is 6.09. The Labute approximate surface area is 122 Å². The van der Waals surface area contributed by atoms with Crippen molar-refractivity contribution < 1.29 is 18.0 Å². The summed E-state index contributed by atoms with van der Waals surface area (Å²) in [5.41, 5.74) is 1.58. The predicted octanol–water partition coefficient (Wildman–Crippen LogP) is 4.32. The summed E-state index contributed by atoms with van der Waals surface area (Å²) >= 11 is 2.56. The minimum absolute atomic E-state index is 0.0290. The molecule has 0 aliphatic carbocycles. The van der Waals surface area contributed by atoms with Crippen LogP contribution in [0.4, 0.5) is 13.2 Å². The van der Waals surface area contributed by atoms with E-state index in [1.807, 2.05) is 0 Å². The van der Waals surface area contributed by atoms with Gasteiger partial charge in [0.15, 0.2) is 0 Å². The van der Waals surface area contributed by atoms with Crippen LogP contribution in [0.3, 0.4) is 0 Å². The SMILES string of the molecule is Cc1csc(C(=O)N(Cc2ccsc2)CC(F)(F)F)c1. The third-order valence-electron chi connectivity index (χ3n) is 2.55. The van der Waals surface area contributed by atoms with Crippen LogP contribution < -0.4 is 0 Å². The van der Waals surface area contributed by atoms with E-state index in [2.05, 4.69) is 0 Å². The molecule has 0 saturated carbocycles. The molecular weight excluding hydrogens is 307 g/mol. The van der Waals surface area contributed by atoms with Gasteiger partial charge in [0.05, 0.1) is 4.88 Å². The molecule has 0 aliphatic heterocycles. The maximum atomic E-state index is 12.6. The van der Waals surface area contributed by atoms with Crippen molar-refractivity contribution in [1.29, 1.82) is 0 Å². The lowest BCUT2D eigenvalue weighted by molar-refractivity contribution is -0.141. The molecule has 2 heterocycles. The number of alkyl halides is 3. The molecule has 1 amide bonds. The number of carbonyl (C=O) groups is 1. The number of halogens is 3. The lowest BCUT2D eigenvalue weighted by atomic mass is 10.2. The standard InChI is InChI=1S/C13H12F3NOS2/c1-9-4-11(20-6-9)12(18)17(8-13(14,15)16)5-10-2-3-19-7-10/h2-4,6-7H,5,8H2,1H3. The average molecular weight is 319 g/mol. The molecule has 108 valence electrons. The first-order valence-electron chi connectivity index (χ1n) is 5.77. The maximum absolute atomic E-state index is 12.6. The van der Waals surface area contributed by atoms with Gasteiger partial charge < -0.3 is 4.90 Å². The van der Waals surface area contributed by atoms with Crippen molar-refractivity contribution >= 4 is 28.6 Å². The Hall–Kier alpha value is -1.34. The average Bonchev–Trinajstić information content (AvgIpc) is 2.97. The van der Waals surface area contributed by atoms with Gasteiger partial charge in [-0.1, -0.05) is 0 Å². The molecule has 0 saturated heterocycles. The van der Waals surface area contributed by atoms with Crippen molar-refractivity contribution in [1.82, 2.24) is 4.90 Å². The fraction of sp³-hybridized carbons (Fsp3) is 0.308. The Morgan fingerprint density at radius 2 is 2.10 bits per heavy atom. The Morgan fingerprint density at radius 1 is 1.35 bits per heavy atom. The Kier molecular flexibility index (Phi) is 4.49. The van der Waals surface area contributed by atoms with Crippen molar-refractivity contribution in [3.63, 3.8) is 0 Å². The monoisotopic (exact) mass is 319 g/mol. The van der Waals surface area contributed by atoms with Crippen LogP contribution in [0.2, 0.25) is 0 Å². The molecule has 20 heavy (non-hydrogen) atoms. The van der Waals surface area contributed by atoms with E-state index in [1.165, 1.54) is 22.7 Å². The molecule has 0 fully saturated rings.